The third-order valence-corrected chi connectivity index (χ3v) is 6.18. The largest absolute Gasteiger partial charge is 0.261 e. The third kappa shape index (κ3) is 6.85. The molecule has 0 spiro atoms. The Hall–Kier alpha value is 0.310. The van der Waals surface area contributed by atoms with E-state index in [9.17, 15) is 0 Å². The average Bonchev–Trinajstić information content (AvgIpc) is 2.50. The maximum atomic E-state index is 3.86. The lowest BCUT2D eigenvalue weighted by atomic mass is 9.85. The van der Waals surface area contributed by atoms with Crippen LogP contribution in [-0.4, -0.2) is 11.8 Å². The van der Waals surface area contributed by atoms with E-state index in [2.05, 4.69) is 4.72 Å². The van der Waals surface area contributed by atoms with Crippen molar-refractivity contribution >= 4 is 11.9 Å². The van der Waals surface area contributed by atoms with Crippen LogP contribution in [0.5, 0.6) is 0 Å². The van der Waals surface area contributed by atoms with Crippen molar-refractivity contribution < 1.29 is 0 Å². The minimum Gasteiger partial charge on any atom is -0.261 e. The normalized spacial score (nSPS) is 29.7. The molecular weight excluding hydrogens is 262 g/mol. The van der Waals surface area contributed by atoms with E-state index in [4.69, 9.17) is 0 Å². The van der Waals surface area contributed by atoms with Crippen molar-refractivity contribution in [2.24, 2.45) is 5.92 Å². The lowest BCUT2D eigenvalue weighted by Gasteiger charge is -2.29. The molecule has 1 saturated carbocycles. The fourth-order valence-electron chi connectivity index (χ4n) is 3.87. The summed E-state index contributed by atoms with van der Waals surface area (Å²) in [4.78, 5) is 0. The molecule has 0 amide bonds. The van der Waals surface area contributed by atoms with Crippen molar-refractivity contribution in [2.75, 3.05) is 5.75 Å². The standard InChI is InChI=1S/C18H35NS/c1-2-5-9-13-17(14-10-6-3-1)18-15-11-7-4-8-12-16-20-19-18/h17-19H,1-16H2. The highest BCUT2D eigenvalue weighted by Crippen LogP contribution is 2.28. The predicted octanol–water partition coefficient (Wildman–Crippen LogP) is 6.09. The van der Waals surface area contributed by atoms with Gasteiger partial charge in [-0.2, -0.15) is 0 Å². The molecule has 1 nitrogen and oxygen atoms in total. The van der Waals surface area contributed by atoms with Crippen molar-refractivity contribution in [1.29, 1.82) is 0 Å². The molecule has 1 N–H and O–H groups in total. The maximum Gasteiger partial charge on any atom is 0.0200 e. The van der Waals surface area contributed by atoms with Gasteiger partial charge in [0.1, 0.15) is 0 Å². The first kappa shape index (κ1) is 16.7. The van der Waals surface area contributed by atoms with Crippen molar-refractivity contribution in [1.82, 2.24) is 4.72 Å². The third-order valence-electron chi connectivity index (χ3n) is 5.22. The summed E-state index contributed by atoms with van der Waals surface area (Å²) in [5, 5.41) is 0. The predicted molar refractivity (Wildman–Crippen MR) is 92.1 cm³/mol. The molecule has 2 heteroatoms. The van der Waals surface area contributed by atoms with Crippen molar-refractivity contribution in [3.63, 3.8) is 0 Å². The van der Waals surface area contributed by atoms with Gasteiger partial charge in [0.15, 0.2) is 0 Å². The molecule has 1 heterocycles. The zero-order valence-electron chi connectivity index (χ0n) is 13.4. The molecular formula is C18H35NS. The summed E-state index contributed by atoms with van der Waals surface area (Å²) in [6.45, 7) is 0. The summed E-state index contributed by atoms with van der Waals surface area (Å²) < 4.78 is 3.86. The van der Waals surface area contributed by atoms with Gasteiger partial charge in [-0.25, -0.2) is 0 Å². The second-order valence-electron chi connectivity index (χ2n) is 6.94. The molecule has 2 rings (SSSR count). The van der Waals surface area contributed by atoms with Gasteiger partial charge < -0.3 is 0 Å². The van der Waals surface area contributed by atoms with Crippen LogP contribution in [0.25, 0.3) is 0 Å². The molecule has 1 saturated heterocycles. The fraction of sp³-hybridized carbons (Fsp3) is 1.00. The second-order valence-corrected chi connectivity index (χ2v) is 7.87. The van der Waals surface area contributed by atoms with Crippen LogP contribution in [0.4, 0.5) is 0 Å². The van der Waals surface area contributed by atoms with Gasteiger partial charge >= 0.3 is 0 Å². The van der Waals surface area contributed by atoms with Crippen LogP contribution >= 0.6 is 11.9 Å². The van der Waals surface area contributed by atoms with Gasteiger partial charge in [0.25, 0.3) is 0 Å². The number of hydrogen-bond donors (Lipinski definition) is 1. The molecule has 2 fully saturated rings. The van der Waals surface area contributed by atoms with Crippen LogP contribution in [0, 0.1) is 5.92 Å². The van der Waals surface area contributed by atoms with Gasteiger partial charge in [-0.05, 0) is 31.6 Å². The lowest BCUT2D eigenvalue weighted by molar-refractivity contribution is 0.303. The second kappa shape index (κ2) is 11.0. The summed E-state index contributed by atoms with van der Waals surface area (Å²) in [7, 11) is 0. The van der Waals surface area contributed by atoms with E-state index in [-0.39, 0.29) is 0 Å². The van der Waals surface area contributed by atoms with E-state index in [0.29, 0.717) is 0 Å². The Kier molecular flexibility index (Phi) is 9.13. The molecule has 1 atom stereocenters. The number of hydrogen-bond acceptors (Lipinski definition) is 2. The average molecular weight is 298 g/mol. The van der Waals surface area contributed by atoms with Crippen LogP contribution < -0.4 is 4.72 Å². The monoisotopic (exact) mass is 297 g/mol. The Morgan fingerprint density at radius 2 is 1.05 bits per heavy atom. The molecule has 20 heavy (non-hydrogen) atoms. The van der Waals surface area contributed by atoms with Gasteiger partial charge in [0, 0.05) is 11.8 Å². The Bertz CT molecular complexity index is 187. The fourth-order valence-corrected chi connectivity index (χ4v) is 4.86. The van der Waals surface area contributed by atoms with Crippen molar-refractivity contribution in [2.45, 2.75) is 102 Å². The molecule has 2 aliphatic rings. The first-order chi connectivity index (χ1) is 9.97. The van der Waals surface area contributed by atoms with Gasteiger partial charge in [0.05, 0.1) is 0 Å². The Balaban J connectivity index is 1.81. The smallest absolute Gasteiger partial charge is 0.0200 e. The van der Waals surface area contributed by atoms with Gasteiger partial charge in [-0.1, -0.05) is 82.6 Å². The molecule has 0 radical (unpaired) electrons. The van der Waals surface area contributed by atoms with Crippen molar-refractivity contribution in [3.05, 3.63) is 0 Å². The van der Waals surface area contributed by atoms with E-state index in [0.717, 1.165) is 12.0 Å². The van der Waals surface area contributed by atoms with Gasteiger partial charge in [-0.3, -0.25) is 4.72 Å². The highest BCUT2D eigenvalue weighted by Gasteiger charge is 2.21. The maximum absolute atomic E-state index is 3.86. The summed E-state index contributed by atoms with van der Waals surface area (Å²) in [6.07, 6.45) is 22.0. The van der Waals surface area contributed by atoms with Crippen LogP contribution in [0.1, 0.15) is 96.3 Å². The van der Waals surface area contributed by atoms with E-state index < -0.39 is 0 Å². The molecule has 0 aromatic carbocycles. The number of rotatable bonds is 1. The van der Waals surface area contributed by atoms with E-state index in [1.54, 1.807) is 0 Å². The van der Waals surface area contributed by atoms with Gasteiger partial charge in [0.2, 0.25) is 0 Å². The number of nitrogens with one attached hydrogen (secondary N) is 1. The van der Waals surface area contributed by atoms with E-state index >= 15 is 0 Å². The molecule has 0 bridgehead atoms. The van der Waals surface area contributed by atoms with Crippen molar-refractivity contribution in [3.8, 4) is 0 Å². The van der Waals surface area contributed by atoms with Crippen LogP contribution in [-0.2, 0) is 0 Å². The topological polar surface area (TPSA) is 12.0 Å². The first-order valence-corrected chi connectivity index (χ1v) is 10.3. The first-order valence-electron chi connectivity index (χ1n) is 9.34. The molecule has 0 aromatic rings. The summed E-state index contributed by atoms with van der Waals surface area (Å²) in [5.41, 5.74) is 0. The Morgan fingerprint density at radius 1 is 0.550 bits per heavy atom. The zero-order valence-corrected chi connectivity index (χ0v) is 14.2. The van der Waals surface area contributed by atoms with Crippen LogP contribution in [0.15, 0.2) is 0 Å². The molecule has 1 aliphatic heterocycles. The summed E-state index contributed by atoms with van der Waals surface area (Å²) >= 11 is 2.02. The molecule has 1 aliphatic carbocycles. The highest BCUT2D eigenvalue weighted by atomic mass is 32.2. The Morgan fingerprint density at radius 3 is 1.70 bits per heavy atom. The molecule has 1 unspecified atom stereocenters. The molecule has 0 aromatic heterocycles. The van der Waals surface area contributed by atoms with Gasteiger partial charge in [-0.15, -0.1) is 0 Å². The van der Waals surface area contributed by atoms with Crippen LogP contribution in [0.2, 0.25) is 0 Å². The lowest BCUT2D eigenvalue weighted by Crippen LogP contribution is -2.33. The summed E-state index contributed by atoms with van der Waals surface area (Å²) in [6, 6.07) is 0.803. The highest BCUT2D eigenvalue weighted by molar-refractivity contribution is 7.97. The SMILES string of the molecule is C1CCCCC(C2CCCCCCCSN2)CCCC1. The molecule has 118 valence electrons. The van der Waals surface area contributed by atoms with Crippen LogP contribution in [0.3, 0.4) is 0 Å². The Labute approximate surface area is 131 Å². The summed E-state index contributed by atoms with van der Waals surface area (Å²) in [5.74, 6) is 2.28. The minimum absolute atomic E-state index is 0.803. The minimum atomic E-state index is 0.803. The zero-order chi connectivity index (χ0) is 13.9. The van der Waals surface area contributed by atoms with E-state index in [1.165, 1.54) is 102 Å². The van der Waals surface area contributed by atoms with E-state index in [1.807, 2.05) is 11.9 Å². The quantitative estimate of drug-likeness (QED) is 0.588.